The lowest BCUT2D eigenvalue weighted by Gasteiger charge is -2.02. The summed E-state index contributed by atoms with van der Waals surface area (Å²) in [6.07, 6.45) is 1.26. The third-order valence-corrected chi connectivity index (χ3v) is 1.79. The molecule has 0 aromatic carbocycles. The standard InChI is InChI=1S/C5H12N2O2.C4H9NO3/c6-3-1-2-4(7)5(8)9;5-3(1-2-6)4(7)8/h4H,1-3,6-7H2,(H,8,9);3,6H,1-2,5H2,(H,7,8). The molecule has 0 aromatic rings. The average Bonchev–Trinajstić information content (AvgIpc) is 2.26. The summed E-state index contributed by atoms with van der Waals surface area (Å²) in [5.41, 5.74) is 15.2. The van der Waals surface area contributed by atoms with Gasteiger partial charge >= 0.3 is 11.9 Å². The fourth-order valence-electron chi connectivity index (χ4n) is 0.724. The van der Waals surface area contributed by atoms with Crippen LogP contribution >= 0.6 is 0 Å². The second-order valence-electron chi connectivity index (χ2n) is 3.33. The molecule has 8 nitrogen and oxygen atoms in total. The molecule has 0 saturated heterocycles. The molecule has 0 bridgehead atoms. The van der Waals surface area contributed by atoms with E-state index in [0.717, 1.165) is 0 Å². The van der Waals surface area contributed by atoms with Crippen LogP contribution in [0.15, 0.2) is 0 Å². The summed E-state index contributed by atoms with van der Waals surface area (Å²) in [5, 5.41) is 24.5. The van der Waals surface area contributed by atoms with Gasteiger partial charge < -0.3 is 32.5 Å². The Kier molecular flexibility index (Phi) is 12.0. The van der Waals surface area contributed by atoms with Crippen LogP contribution < -0.4 is 17.2 Å². The molecule has 0 radical (unpaired) electrons. The highest BCUT2D eigenvalue weighted by Crippen LogP contribution is 1.91. The smallest absolute Gasteiger partial charge is 0.320 e. The van der Waals surface area contributed by atoms with Crippen LogP contribution in [0, 0.1) is 0 Å². The van der Waals surface area contributed by atoms with Crippen molar-refractivity contribution in [2.24, 2.45) is 17.2 Å². The average molecular weight is 251 g/mol. The molecule has 2 atom stereocenters. The number of aliphatic hydroxyl groups is 1. The zero-order valence-corrected chi connectivity index (χ0v) is 9.58. The lowest BCUT2D eigenvalue weighted by atomic mass is 10.2. The Hall–Kier alpha value is -1.22. The van der Waals surface area contributed by atoms with E-state index in [1.54, 1.807) is 0 Å². The Balaban J connectivity index is 0. The van der Waals surface area contributed by atoms with Crippen molar-refractivity contribution in [1.29, 1.82) is 0 Å². The fourth-order valence-corrected chi connectivity index (χ4v) is 0.724. The van der Waals surface area contributed by atoms with Gasteiger partial charge in [-0.15, -0.1) is 0 Å². The molecule has 0 rings (SSSR count). The number of carboxylic acids is 2. The Labute approximate surface area is 99.4 Å². The minimum atomic E-state index is -1.07. The molecule has 0 aliphatic carbocycles. The van der Waals surface area contributed by atoms with Crippen LogP contribution in [0.4, 0.5) is 0 Å². The summed E-state index contributed by atoms with van der Waals surface area (Å²) < 4.78 is 0. The molecule has 17 heavy (non-hydrogen) atoms. The van der Waals surface area contributed by atoms with Crippen molar-refractivity contribution in [1.82, 2.24) is 0 Å². The molecule has 0 spiro atoms. The molecular weight excluding hydrogens is 230 g/mol. The normalized spacial score (nSPS) is 13.2. The number of hydrogen-bond donors (Lipinski definition) is 6. The number of rotatable bonds is 7. The van der Waals surface area contributed by atoms with Crippen LogP contribution in [-0.2, 0) is 9.59 Å². The predicted molar refractivity (Wildman–Crippen MR) is 61.2 cm³/mol. The molecule has 102 valence electrons. The second kappa shape index (κ2) is 11.3. The summed E-state index contributed by atoms with van der Waals surface area (Å²) in [7, 11) is 0. The number of carbonyl (C=O) groups is 2. The summed E-state index contributed by atoms with van der Waals surface area (Å²) >= 11 is 0. The number of hydrogen-bond acceptors (Lipinski definition) is 6. The molecule has 9 N–H and O–H groups in total. The molecular formula is C9H21N3O5. The maximum absolute atomic E-state index is 10.0. The summed E-state index contributed by atoms with van der Waals surface area (Å²) in [4.78, 5) is 19.9. The van der Waals surface area contributed by atoms with Crippen molar-refractivity contribution in [2.45, 2.75) is 31.3 Å². The molecule has 0 amide bonds. The van der Waals surface area contributed by atoms with Gasteiger partial charge in [0.15, 0.2) is 0 Å². The lowest BCUT2D eigenvalue weighted by Crippen LogP contribution is -2.30. The van der Waals surface area contributed by atoms with Gasteiger partial charge in [0.1, 0.15) is 12.1 Å². The van der Waals surface area contributed by atoms with Crippen molar-refractivity contribution < 1.29 is 24.9 Å². The first-order valence-electron chi connectivity index (χ1n) is 5.14. The first kappa shape index (κ1) is 18.2. The molecule has 0 fully saturated rings. The van der Waals surface area contributed by atoms with Gasteiger partial charge in [0.25, 0.3) is 0 Å². The van der Waals surface area contributed by atoms with Crippen LogP contribution in [0.3, 0.4) is 0 Å². The third-order valence-electron chi connectivity index (χ3n) is 1.79. The largest absolute Gasteiger partial charge is 0.480 e. The van der Waals surface area contributed by atoms with E-state index < -0.39 is 24.0 Å². The minimum absolute atomic E-state index is 0.120. The third kappa shape index (κ3) is 12.7. The van der Waals surface area contributed by atoms with E-state index in [4.69, 9.17) is 32.5 Å². The topological polar surface area (TPSA) is 173 Å². The van der Waals surface area contributed by atoms with E-state index in [-0.39, 0.29) is 13.0 Å². The summed E-state index contributed by atoms with van der Waals surface area (Å²) in [5.74, 6) is -2.03. The molecule has 2 unspecified atom stereocenters. The maximum atomic E-state index is 10.0. The van der Waals surface area contributed by atoms with Crippen LogP contribution in [0.2, 0.25) is 0 Å². The molecule has 0 heterocycles. The molecule has 0 aromatic heterocycles. The van der Waals surface area contributed by atoms with Gasteiger partial charge in [-0.25, -0.2) is 0 Å². The van der Waals surface area contributed by atoms with E-state index in [2.05, 4.69) is 0 Å². The zero-order chi connectivity index (χ0) is 13.8. The van der Waals surface area contributed by atoms with Gasteiger partial charge in [-0.1, -0.05) is 0 Å². The van der Waals surface area contributed by atoms with E-state index >= 15 is 0 Å². The van der Waals surface area contributed by atoms with Gasteiger partial charge in [0.2, 0.25) is 0 Å². The fraction of sp³-hybridized carbons (Fsp3) is 0.778. The van der Waals surface area contributed by atoms with Gasteiger partial charge in [0, 0.05) is 6.61 Å². The van der Waals surface area contributed by atoms with Crippen LogP contribution in [0.1, 0.15) is 19.3 Å². The number of aliphatic carboxylic acids is 2. The minimum Gasteiger partial charge on any atom is -0.480 e. The predicted octanol–water partition coefficient (Wildman–Crippen LogP) is -2.08. The molecule has 0 saturated carbocycles. The first-order valence-corrected chi connectivity index (χ1v) is 5.14. The highest BCUT2D eigenvalue weighted by Gasteiger charge is 2.09. The van der Waals surface area contributed by atoms with Crippen molar-refractivity contribution in [3.63, 3.8) is 0 Å². The van der Waals surface area contributed by atoms with Gasteiger partial charge in [-0.05, 0) is 25.8 Å². The Morgan fingerprint density at radius 3 is 1.65 bits per heavy atom. The number of nitrogens with two attached hydrogens (primary N) is 3. The summed E-state index contributed by atoms with van der Waals surface area (Å²) in [6, 6.07) is -1.66. The zero-order valence-electron chi connectivity index (χ0n) is 9.58. The van der Waals surface area contributed by atoms with Gasteiger partial charge in [-0.2, -0.15) is 0 Å². The Morgan fingerprint density at radius 1 is 1.00 bits per heavy atom. The van der Waals surface area contributed by atoms with E-state index in [1.807, 2.05) is 0 Å². The monoisotopic (exact) mass is 251 g/mol. The Bertz CT molecular complexity index is 225. The first-order chi connectivity index (χ1) is 7.86. The Morgan fingerprint density at radius 2 is 1.41 bits per heavy atom. The van der Waals surface area contributed by atoms with Crippen molar-refractivity contribution in [2.75, 3.05) is 13.2 Å². The number of aliphatic hydroxyl groups excluding tert-OH is 1. The van der Waals surface area contributed by atoms with Gasteiger partial charge in [0.05, 0.1) is 0 Å². The van der Waals surface area contributed by atoms with Crippen molar-refractivity contribution in [3.05, 3.63) is 0 Å². The van der Waals surface area contributed by atoms with E-state index in [0.29, 0.717) is 19.4 Å². The molecule has 0 aliphatic rings. The quantitative estimate of drug-likeness (QED) is 0.299. The molecule has 8 heteroatoms. The van der Waals surface area contributed by atoms with Gasteiger partial charge in [-0.3, -0.25) is 9.59 Å². The highest BCUT2D eigenvalue weighted by molar-refractivity contribution is 5.73. The van der Waals surface area contributed by atoms with E-state index in [9.17, 15) is 9.59 Å². The highest BCUT2D eigenvalue weighted by atomic mass is 16.4. The number of carboxylic acid groups (broad SMARTS) is 2. The second-order valence-corrected chi connectivity index (χ2v) is 3.33. The molecule has 0 aliphatic heterocycles. The van der Waals surface area contributed by atoms with E-state index in [1.165, 1.54) is 0 Å². The van der Waals surface area contributed by atoms with Crippen LogP contribution in [0.25, 0.3) is 0 Å². The SMILES string of the molecule is NC(CCO)C(=O)O.NCCCC(N)C(=O)O. The van der Waals surface area contributed by atoms with Crippen molar-refractivity contribution >= 4 is 11.9 Å². The van der Waals surface area contributed by atoms with Crippen LogP contribution in [0.5, 0.6) is 0 Å². The summed E-state index contributed by atoms with van der Waals surface area (Å²) in [6.45, 7) is 0.328. The maximum Gasteiger partial charge on any atom is 0.320 e. The van der Waals surface area contributed by atoms with Crippen LogP contribution in [-0.4, -0.2) is 52.5 Å². The lowest BCUT2D eigenvalue weighted by molar-refractivity contribution is -0.139. The van der Waals surface area contributed by atoms with Crippen molar-refractivity contribution in [3.8, 4) is 0 Å².